The van der Waals surface area contributed by atoms with Crippen LogP contribution in [0.3, 0.4) is 0 Å². The maximum atomic E-state index is 12.8. The van der Waals surface area contributed by atoms with Gasteiger partial charge >= 0.3 is 0 Å². The third kappa shape index (κ3) is 4.13. The van der Waals surface area contributed by atoms with Crippen LogP contribution in [0.1, 0.15) is 28.8 Å². The highest BCUT2D eigenvalue weighted by Gasteiger charge is 2.24. The van der Waals surface area contributed by atoms with Crippen molar-refractivity contribution in [2.45, 2.75) is 19.4 Å². The Morgan fingerprint density at radius 2 is 1.97 bits per heavy atom. The molecule has 1 aromatic carbocycles. The van der Waals surface area contributed by atoms with Gasteiger partial charge in [-0.15, -0.1) is 0 Å². The number of hydrogen-bond donors (Lipinski definition) is 2. The molecule has 0 spiro atoms. The maximum absolute atomic E-state index is 12.8. The highest BCUT2D eigenvalue weighted by atomic mass is 16.5. The predicted octanol–water partition coefficient (Wildman–Crippen LogP) is 3.93. The van der Waals surface area contributed by atoms with E-state index in [-0.39, 0.29) is 12.5 Å². The molecule has 31 heavy (non-hydrogen) atoms. The fourth-order valence-corrected chi connectivity index (χ4v) is 3.40. The molecule has 0 bridgehead atoms. The number of aliphatic hydroxyl groups excluding tert-OH is 1. The van der Waals surface area contributed by atoms with E-state index in [0.717, 1.165) is 16.9 Å². The number of aromatic nitrogens is 3. The molecule has 2 N–H and O–H groups in total. The Labute approximate surface area is 179 Å². The fourth-order valence-electron chi connectivity index (χ4n) is 3.40. The van der Waals surface area contributed by atoms with E-state index in [4.69, 9.17) is 4.74 Å². The van der Waals surface area contributed by atoms with Gasteiger partial charge in [0.2, 0.25) is 5.88 Å². The van der Waals surface area contributed by atoms with Gasteiger partial charge in [-0.25, -0.2) is 9.97 Å². The summed E-state index contributed by atoms with van der Waals surface area (Å²) < 4.78 is 7.89. The number of nitrogens with one attached hydrogen (secondary N) is 1. The smallest absolute Gasteiger partial charge is 0.257 e. The van der Waals surface area contributed by atoms with Crippen molar-refractivity contribution in [1.29, 1.82) is 0 Å². The average molecular weight is 414 g/mol. The quantitative estimate of drug-likeness (QED) is 0.478. The molecule has 7 heteroatoms. The van der Waals surface area contributed by atoms with E-state index in [1.54, 1.807) is 12.3 Å². The number of anilines is 1. The van der Waals surface area contributed by atoms with Crippen molar-refractivity contribution < 1.29 is 14.6 Å². The van der Waals surface area contributed by atoms with E-state index >= 15 is 0 Å². The summed E-state index contributed by atoms with van der Waals surface area (Å²) >= 11 is 0. The summed E-state index contributed by atoms with van der Waals surface area (Å²) in [6, 6.07) is 14.8. The maximum Gasteiger partial charge on any atom is 0.257 e. The Morgan fingerprint density at radius 3 is 2.74 bits per heavy atom. The largest absolute Gasteiger partial charge is 0.477 e. The topological polar surface area (TPSA) is 88.8 Å². The van der Waals surface area contributed by atoms with Crippen molar-refractivity contribution in [3.8, 4) is 17.1 Å². The zero-order valence-corrected chi connectivity index (χ0v) is 16.9. The van der Waals surface area contributed by atoms with Crippen molar-refractivity contribution in [3.63, 3.8) is 0 Å². The second-order valence-electron chi connectivity index (χ2n) is 7.72. The molecule has 1 saturated carbocycles. The summed E-state index contributed by atoms with van der Waals surface area (Å²) in [6.07, 6.45) is 7.44. The number of amides is 1. The van der Waals surface area contributed by atoms with E-state index in [1.807, 2.05) is 53.1 Å². The molecule has 1 aliphatic rings. The van der Waals surface area contributed by atoms with E-state index in [2.05, 4.69) is 15.3 Å². The molecular weight excluding hydrogens is 392 g/mol. The molecule has 0 atom stereocenters. The summed E-state index contributed by atoms with van der Waals surface area (Å²) in [4.78, 5) is 21.8. The number of fused-ring (bicyclic) bond motifs is 1. The van der Waals surface area contributed by atoms with Gasteiger partial charge in [0.15, 0.2) is 0 Å². The van der Waals surface area contributed by atoms with Crippen molar-refractivity contribution in [1.82, 2.24) is 14.4 Å². The van der Waals surface area contributed by atoms with Crippen molar-refractivity contribution in [2.24, 2.45) is 5.92 Å². The third-order valence-electron chi connectivity index (χ3n) is 5.32. The lowest BCUT2D eigenvalue weighted by molar-refractivity contribution is 0.102. The van der Waals surface area contributed by atoms with Crippen LogP contribution in [-0.4, -0.2) is 32.0 Å². The van der Waals surface area contributed by atoms with E-state index in [0.29, 0.717) is 35.2 Å². The Morgan fingerprint density at radius 1 is 1.13 bits per heavy atom. The molecule has 7 nitrogen and oxygen atoms in total. The summed E-state index contributed by atoms with van der Waals surface area (Å²) in [5.74, 6) is 0.789. The number of aliphatic hydroxyl groups is 1. The summed E-state index contributed by atoms with van der Waals surface area (Å²) in [5.41, 5.74) is 4.07. The van der Waals surface area contributed by atoms with Gasteiger partial charge in [0, 0.05) is 18.1 Å². The SMILES string of the molecule is O=C(Nc1ccccc1)c1cnc(OCC2CC2)c(-c2cnc3ccc(CO)cn23)c1. The number of ether oxygens (including phenoxy) is 1. The zero-order valence-electron chi connectivity index (χ0n) is 16.9. The van der Waals surface area contributed by atoms with Crippen LogP contribution in [0.25, 0.3) is 16.9 Å². The number of hydrogen-bond acceptors (Lipinski definition) is 5. The fraction of sp³-hybridized carbons (Fsp3) is 0.208. The Balaban J connectivity index is 1.54. The Bertz CT molecular complexity index is 1230. The number of pyridine rings is 2. The van der Waals surface area contributed by atoms with Crippen LogP contribution in [-0.2, 0) is 6.61 Å². The molecule has 1 amide bonds. The average Bonchev–Trinajstić information content (AvgIpc) is 3.55. The minimum Gasteiger partial charge on any atom is -0.477 e. The number of para-hydroxylation sites is 1. The Hall–Kier alpha value is -3.71. The number of benzene rings is 1. The van der Waals surface area contributed by atoms with Gasteiger partial charge in [0.05, 0.1) is 36.2 Å². The van der Waals surface area contributed by atoms with Crippen LogP contribution < -0.4 is 10.1 Å². The highest BCUT2D eigenvalue weighted by Crippen LogP contribution is 2.33. The monoisotopic (exact) mass is 414 g/mol. The van der Waals surface area contributed by atoms with Crippen molar-refractivity contribution >= 4 is 17.2 Å². The van der Waals surface area contributed by atoms with Crippen LogP contribution in [0.15, 0.2) is 67.1 Å². The Kier molecular flexibility index (Phi) is 5.09. The molecule has 0 unspecified atom stereocenters. The first-order chi connectivity index (χ1) is 15.2. The zero-order chi connectivity index (χ0) is 21.2. The first kappa shape index (κ1) is 19.3. The van der Waals surface area contributed by atoms with Crippen LogP contribution >= 0.6 is 0 Å². The van der Waals surface area contributed by atoms with Crippen LogP contribution in [0, 0.1) is 5.92 Å². The third-order valence-corrected chi connectivity index (χ3v) is 5.32. The second-order valence-corrected chi connectivity index (χ2v) is 7.72. The van der Waals surface area contributed by atoms with Crippen LogP contribution in [0.5, 0.6) is 5.88 Å². The van der Waals surface area contributed by atoms with E-state index in [9.17, 15) is 9.90 Å². The molecule has 0 aliphatic heterocycles. The van der Waals surface area contributed by atoms with E-state index < -0.39 is 0 Å². The van der Waals surface area contributed by atoms with Gasteiger partial charge in [-0.1, -0.05) is 24.3 Å². The molecule has 0 radical (unpaired) electrons. The molecule has 1 aliphatic carbocycles. The van der Waals surface area contributed by atoms with Crippen molar-refractivity contribution in [2.75, 3.05) is 11.9 Å². The molecule has 156 valence electrons. The minimum atomic E-state index is -0.251. The van der Waals surface area contributed by atoms with Crippen LogP contribution in [0.2, 0.25) is 0 Å². The van der Waals surface area contributed by atoms with Gasteiger partial charge in [-0.2, -0.15) is 0 Å². The predicted molar refractivity (Wildman–Crippen MR) is 117 cm³/mol. The summed E-state index contributed by atoms with van der Waals surface area (Å²) in [6.45, 7) is 0.532. The molecular formula is C24H22N4O3. The summed E-state index contributed by atoms with van der Waals surface area (Å²) in [5, 5.41) is 12.4. The van der Waals surface area contributed by atoms with Gasteiger partial charge < -0.3 is 15.2 Å². The van der Waals surface area contributed by atoms with E-state index in [1.165, 1.54) is 19.0 Å². The second kappa shape index (κ2) is 8.20. The van der Waals surface area contributed by atoms with Crippen molar-refractivity contribution in [3.05, 3.63) is 78.2 Å². The molecule has 0 saturated heterocycles. The standard InChI is InChI=1S/C24H22N4O3/c29-14-17-8-9-22-25-12-21(28(22)13-17)20-10-18(11-26-24(20)31-15-16-6-7-16)23(30)27-19-4-2-1-3-5-19/h1-5,8-13,16,29H,6-7,14-15H2,(H,27,30). The normalized spacial score (nSPS) is 13.3. The molecule has 4 aromatic rings. The number of carbonyl (C=O) groups is 1. The lowest BCUT2D eigenvalue weighted by Gasteiger charge is -2.12. The number of rotatable bonds is 7. The first-order valence-electron chi connectivity index (χ1n) is 10.3. The first-order valence-corrected chi connectivity index (χ1v) is 10.3. The number of carbonyl (C=O) groups excluding carboxylic acids is 1. The molecule has 3 heterocycles. The molecule has 3 aromatic heterocycles. The van der Waals surface area contributed by atoms with Gasteiger partial charge in [0.1, 0.15) is 5.65 Å². The van der Waals surface area contributed by atoms with Gasteiger partial charge in [-0.05, 0) is 48.6 Å². The lowest BCUT2D eigenvalue weighted by Crippen LogP contribution is -2.13. The van der Waals surface area contributed by atoms with Gasteiger partial charge in [0.25, 0.3) is 5.91 Å². The molecule has 1 fully saturated rings. The minimum absolute atomic E-state index is 0.0730. The van der Waals surface area contributed by atoms with Crippen LogP contribution in [0.4, 0.5) is 5.69 Å². The highest BCUT2D eigenvalue weighted by molar-refractivity contribution is 6.04. The van der Waals surface area contributed by atoms with Gasteiger partial charge in [-0.3, -0.25) is 9.20 Å². The molecule has 5 rings (SSSR count). The number of imidazole rings is 1. The summed E-state index contributed by atoms with van der Waals surface area (Å²) in [7, 11) is 0. The lowest BCUT2D eigenvalue weighted by atomic mass is 10.1. The number of nitrogens with zero attached hydrogens (tertiary/aromatic N) is 3.